The third-order valence-electron chi connectivity index (χ3n) is 3.57. The topological polar surface area (TPSA) is 55.1 Å². The molecule has 1 fully saturated rings. The van der Waals surface area contributed by atoms with Crippen LogP contribution in [0, 0.1) is 11.3 Å². The molecule has 0 radical (unpaired) electrons. The maximum absolute atomic E-state index is 11.8. The molecule has 1 saturated carbocycles. The molecule has 0 saturated heterocycles. The summed E-state index contributed by atoms with van der Waals surface area (Å²) in [6, 6.07) is -0.0499. The number of carbonyl (C=O) groups is 1. The highest BCUT2D eigenvalue weighted by atomic mass is 16.2. The molecule has 0 aromatic carbocycles. The first-order chi connectivity index (χ1) is 7.32. The molecule has 0 bridgehead atoms. The zero-order valence-electron chi connectivity index (χ0n) is 11.0. The van der Waals surface area contributed by atoms with Crippen LogP contribution in [-0.2, 0) is 4.79 Å². The zero-order chi connectivity index (χ0) is 12.3. The molecular weight excluding hydrogens is 200 g/mol. The third kappa shape index (κ3) is 3.78. The van der Waals surface area contributed by atoms with E-state index in [2.05, 4.69) is 19.2 Å². The van der Waals surface area contributed by atoms with Gasteiger partial charge in [-0.1, -0.05) is 34.1 Å². The Balaban J connectivity index is 2.45. The minimum absolute atomic E-state index is 0.0118. The van der Waals surface area contributed by atoms with E-state index in [1.54, 1.807) is 0 Å². The van der Waals surface area contributed by atoms with Crippen LogP contribution in [0.2, 0.25) is 0 Å². The Morgan fingerprint density at radius 2 is 2.06 bits per heavy atom. The summed E-state index contributed by atoms with van der Waals surface area (Å²) in [6.45, 7) is 8.51. The van der Waals surface area contributed by atoms with Crippen molar-refractivity contribution < 1.29 is 4.79 Å². The second-order valence-corrected chi connectivity index (χ2v) is 6.24. The zero-order valence-corrected chi connectivity index (χ0v) is 11.0. The van der Waals surface area contributed by atoms with Crippen LogP contribution in [0.1, 0.15) is 53.4 Å². The molecule has 2 atom stereocenters. The van der Waals surface area contributed by atoms with Crippen LogP contribution in [-0.4, -0.2) is 18.0 Å². The standard InChI is InChI=1S/C13H26N2O/c1-9(2)11(14)12(16)15-10-6-5-7-13(3,4)8-10/h9-11H,5-8,14H2,1-4H3,(H,15,16)/t10?,11-/m0/s1. The van der Waals surface area contributed by atoms with Crippen LogP contribution in [0.3, 0.4) is 0 Å². The maximum Gasteiger partial charge on any atom is 0.237 e. The Labute approximate surface area is 99.2 Å². The molecule has 3 N–H and O–H groups in total. The predicted molar refractivity (Wildman–Crippen MR) is 67.0 cm³/mol. The minimum atomic E-state index is -0.370. The van der Waals surface area contributed by atoms with Crippen molar-refractivity contribution in [2.75, 3.05) is 0 Å². The first kappa shape index (κ1) is 13.5. The highest BCUT2D eigenvalue weighted by molar-refractivity contribution is 5.82. The van der Waals surface area contributed by atoms with Gasteiger partial charge >= 0.3 is 0 Å². The van der Waals surface area contributed by atoms with Crippen LogP contribution >= 0.6 is 0 Å². The van der Waals surface area contributed by atoms with Gasteiger partial charge in [0.1, 0.15) is 0 Å². The average molecular weight is 226 g/mol. The van der Waals surface area contributed by atoms with Crippen molar-refractivity contribution >= 4 is 5.91 Å². The number of hydrogen-bond donors (Lipinski definition) is 2. The molecule has 0 aromatic rings. The summed E-state index contributed by atoms with van der Waals surface area (Å²) in [5.41, 5.74) is 6.19. The van der Waals surface area contributed by atoms with E-state index in [-0.39, 0.29) is 17.9 Å². The average Bonchev–Trinajstić information content (AvgIpc) is 2.14. The molecule has 1 amide bonds. The molecule has 1 rings (SSSR count). The molecule has 94 valence electrons. The Morgan fingerprint density at radius 1 is 1.44 bits per heavy atom. The van der Waals surface area contributed by atoms with Gasteiger partial charge in [-0.2, -0.15) is 0 Å². The molecule has 0 heterocycles. The van der Waals surface area contributed by atoms with Crippen LogP contribution in [0.25, 0.3) is 0 Å². The van der Waals surface area contributed by atoms with Gasteiger partial charge in [0.2, 0.25) is 5.91 Å². The van der Waals surface area contributed by atoms with Crippen LogP contribution in [0.15, 0.2) is 0 Å². The van der Waals surface area contributed by atoms with Gasteiger partial charge in [0.15, 0.2) is 0 Å². The summed E-state index contributed by atoms with van der Waals surface area (Å²) in [5.74, 6) is 0.217. The smallest absolute Gasteiger partial charge is 0.237 e. The molecule has 0 aromatic heterocycles. The number of carbonyl (C=O) groups excluding carboxylic acids is 1. The van der Waals surface area contributed by atoms with Crippen LogP contribution in [0.4, 0.5) is 0 Å². The summed E-state index contributed by atoms with van der Waals surface area (Å²) >= 11 is 0. The lowest BCUT2D eigenvalue weighted by atomic mass is 9.75. The van der Waals surface area contributed by atoms with Crippen molar-refractivity contribution in [1.82, 2.24) is 5.32 Å². The molecule has 0 spiro atoms. The maximum atomic E-state index is 11.8. The third-order valence-corrected chi connectivity index (χ3v) is 3.57. The van der Waals surface area contributed by atoms with Crippen molar-refractivity contribution in [3.63, 3.8) is 0 Å². The first-order valence-electron chi connectivity index (χ1n) is 6.38. The van der Waals surface area contributed by atoms with E-state index in [9.17, 15) is 4.79 Å². The lowest BCUT2D eigenvalue weighted by Crippen LogP contribution is -2.49. The van der Waals surface area contributed by atoms with Gasteiger partial charge in [-0.3, -0.25) is 4.79 Å². The van der Waals surface area contributed by atoms with Gasteiger partial charge in [-0.05, 0) is 30.6 Å². The Bertz CT molecular complexity index is 248. The van der Waals surface area contributed by atoms with Crippen LogP contribution < -0.4 is 11.1 Å². The van der Waals surface area contributed by atoms with E-state index >= 15 is 0 Å². The molecule has 0 aliphatic heterocycles. The van der Waals surface area contributed by atoms with Crippen molar-refractivity contribution in [1.29, 1.82) is 0 Å². The molecule has 1 aliphatic carbocycles. The highest BCUT2D eigenvalue weighted by Crippen LogP contribution is 2.35. The van der Waals surface area contributed by atoms with Crippen molar-refractivity contribution in [3.8, 4) is 0 Å². The second-order valence-electron chi connectivity index (χ2n) is 6.24. The van der Waals surface area contributed by atoms with Crippen molar-refractivity contribution in [2.45, 2.75) is 65.5 Å². The molecule has 16 heavy (non-hydrogen) atoms. The Kier molecular flexibility index (Phi) is 4.36. The summed E-state index contributed by atoms with van der Waals surface area (Å²) in [4.78, 5) is 11.8. The first-order valence-corrected chi connectivity index (χ1v) is 6.38. The molecule has 3 heteroatoms. The summed E-state index contributed by atoms with van der Waals surface area (Å²) in [5, 5.41) is 3.09. The van der Waals surface area contributed by atoms with Gasteiger partial charge in [-0.25, -0.2) is 0 Å². The Morgan fingerprint density at radius 3 is 2.56 bits per heavy atom. The van der Waals surface area contributed by atoms with Crippen molar-refractivity contribution in [3.05, 3.63) is 0 Å². The number of nitrogens with two attached hydrogens (primary N) is 1. The second kappa shape index (κ2) is 5.17. The predicted octanol–water partition coefficient (Wildman–Crippen LogP) is 2.05. The SMILES string of the molecule is CC(C)[C@H](N)C(=O)NC1CCCC(C)(C)C1. The number of amides is 1. The van der Waals surface area contributed by atoms with Crippen LogP contribution in [0.5, 0.6) is 0 Å². The number of rotatable bonds is 3. The summed E-state index contributed by atoms with van der Waals surface area (Å²) in [6.07, 6.45) is 4.63. The lowest BCUT2D eigenvalue weighted by molar-refractivity contribution is -0.124. The fourth-order valence-corrected chi connectivity index (χ4v) is 2.42. The highest BCUT2D eigenvalue weighted by Gasteiger charge is 2.30. The van der Waals surface area contributed by atoms with E-state index in [0.717, 1.165) is 12.8 Å². The van der Waals surface area contributed by atoms with Gasteiger partial charge in [0.25, 0.3) is 0 Å². The quantitative estimate of drug-likeness (QED) is 0.774. The fourth-order valence-electron chi connectivity index (χ4n) is 2.42. The van der Waals surface area contributed by atoms with E-state index in [1.807, 2.05) is 13.8 Å². The van der Waals surface area contributed by atoms with E-state index in [0.29, 0.717) is 11.5 Å². The fraction of sp³-hybridized carbons (Fsp3) is 0.923. The largest absolute Gasteiger partial charge is 0.352 e. The summed E-state index contributed by atoms with van der Waals surface area (Å²) < 4.78 is 0. The number of nitrogens with one attached hydrogen (secondary N) is 1. The normalized spacial score (nSPS) is 26.5. The summed E-state index contributed by atoms with van der Waals surface area (Å²) in [7, 11) is 0. The van der Waals surface area contributed by atoms with Gasteiger partial charge in [-0.15, -0.1) is 0 Å². The molecule has 1 unspecified atom stereocenters. The van der Waals surface area contributed by atoms with Gasteiger partial charge in [0, 0.05) is 6.04 Å². The lowest BCUT2D eigenvalue weighted by Gasteiger charge is -2.36. The van der Waals surface area contributed by atoms with E-state index < -0.39 is 0 Å². The van der Waals surface area contributed by atoms with Gasteiger partial charge in [0.05, 0.1) is 6.04 Å². The molecule has 1 aliphatic rings. The molecule has 3 nitrogen and oxygen atoms in total. The monoisotopic (exact) mass is 226 g/mol. The minimum Gasteiger partial charge on any atom is -0.352 e. The Hall–Kier alpha value is -0.570. The van der Waals surface area contributed by atoms with E-state index in [1.165, 1.54) is 12.8 Å². The van der Waals surface area contributed by atoms with Gasteiger partial charge < -0.3 is 11.1 Å². The number of hydrogen-bond acceptors (Lipinski definition) is 2. The molecular formula is C13H26N2O. The van der Waals surface area contributed by atoms with E-state index in [4.69, 9.17) is 5.73 Å². The van der Waals surface area contributed by atoms with Crippen molar-refractivity contribution in [2.24, 2.45) is 17.1 Å².